The SMILES string of the molecule is Cc1ccc(C(C)C)c(OC(=O)c2ccccc2I)c1. The van der Waals surface area contributed by atoms with E-state index in [1.165, 1.54) is 0 Å². The number of esters is 1. The van der Waals surface area contributed by atoms with E-state index in [0.29, 0.717) is 17.2 Å². The number of halogens is 1. The van der Waals surface area contributed by atoms with Gasteiger partial charge in [0.05, 0.1) is 5.56 Å². The molecule has 0 radical (unpaired) electrons. The first-order valence-electron chi connectivity index (χ1n) is 6.56. The maximum Gasteiger partial charge on any atom is 0.344 e. The van der Waals surface area contributed by atoms with Gasteiger partial charge in [-0.15, -0.1) is 0 Å². The molecule has 2 aromatic rings. The van der Waals surface area contributed by atoms with Crippen LogP contribution in [0.4, 0.5) is 0 Å². The zero-order valence-electron chi connectivity index (χ0n) is 11.8. The van der Waals surface area contributed by atoms with Crippen molar-refractivity contribution in [1.82, 2.24) is 0 Å². The zero-order chi connectivity index (χ0) is 14.7. The summed E-state index contributed by atoms with van der Waals surface area (Å²) in [5.74, 6) is 0.667. The van der Waals surface area contributed by atoms with Gasteiger partial charge in [0.2, 0.25) is 0 Å². The Morgan fingerprint density at radius 2 is 1.85 bits per heavy atom. The van der Waals surface area contributed by atoms with Crippen LogP contribution in [-0.2, 0) is 0 Å². The molecule has 0 aliphatic carbocycles. The highest BCUT2D eigenvalue weighted by Crippen LogP contribution is 2.28. The Labute approximate surface area is 133 Å². The molecule has 0 unspecified atom stereocenters. The Balaban J connectivity index is 2.33. The zero-order valence-corrected chi connectivity index (χ0v) is 14.0. The summed E-state index contributed by atoms with van der Waals surface area (Å²) in [5.41, 5.74) is 2.74. The van der Waals surface area contributed by atoms with Crippen molar-refractivity contribution in [3.8, 4) is 5.75 Å². The molecule has 0 saturated heterocycles. The monoisotopic (exact) mass is 380 g/mol. The molecule has 0 aromatic heterocycles. The van der Waals surface area contributed by atoms with Crippen LogP contribution >= 0.6 is 22.6 Å². The van der Waals surface area contributed by atoms with E-state index < -0.39 is 0 Å². The fourth-order valence-electron chi connectivity index (χ4n) is 1.99. The molecule has 2 nitrogen and oxygen atoms in total. The highest BCUT2D eigenvalue weighted by atomic mass is 127. The molecule has 3 heteroatoms. The van der Waals surface area contributed by atoms with Crippen molar-refractivity contribution in [2.24, 2.45) is 0 Å². The molecule has 0 fully saturated rings. The highest BCUT2D eigenvalue weighted by Gasteiger charge is 2.15. The van der Waals surface area contributed by atoms with Gasteiger partial charge in [-0.05, 0) is 64.8 Å². The Morgan fingerprint density at radius 1 is 1.15 bits per heavy atom. The highest BCUT2D eigenvalue weighted by molar-refractivity contribution is 14.1. The lowest BCUT2D eigenvalue weighted by molar-refractivity contribution is 0.0731. The Bertz CT molecular complexity index is 633. The fraction of sp³-hybridized carbons (Fsp3) is 0.235. The van der Waals surface area contributed by atoms with E-state index in [2.05, 4.69) is 36.4 Å². The predicted molar refractivity (Wildman–Crippen MR) is 89.4 cm³/mol. The molecular weight excluding hydrogens is 363 g/mol. The van der Waals surface area contributed by atoms with E-state index in [4.69, 9.17) is 4.74 Å². The molecule has 0 N–H and O–H groups in total. The molecular formula is C17H17IO2. The third kappa shape index (κ3) is 3.39. The second-order valence-corrected chi connectivity index (χ2v) is 6.23. The maximum absolute atomic E-state index is 12.3. The van der Waals surface area contributed by atoms with Crippen molar-refractivity contribution in [2.75, 3.05) is 0 Å². The summed E-state index contributed by atoms with van der Waals surface area (Å²) < 4.78 is 6.51. The van der Waals surface area contributed by atoms with Crippen molar-refractivity contribution in [1.29, 1.82) is 0 Å². The van der Waals surface area contributed by atoms with Gasteiger partial charge in [0, 0.05) is 3.57 Å². The minimum atomic E-state index is -0.303. The second-order valence-electron chi connectivity index (χ2n) is 5.07. The van der Waals surface area contributed by atoms with Crippen LogP contribution in [0.1, 0.15) is 41.3 Å². The quantitative estimate of drug-likeness (QED) is 0.428. The van der Waals surface area contributed by atoms with Gasteiger partial charge in [-0.25, -0.2) is 4.79 Å². The van der Waals surface area contributed by atoms with Crippen LogP contribution in [0.25, 0.3) is 0 Å². The van der Waals surface area contributed by atoms with Crippen LogP contribution < -0.4 is 4.74 Å². The standard InChI is InChI=1S/C17H17IO2/c1-11(2)13-9-8-12(3)10-16(13)20-17(19)14-6-4-5-7-15(14)18/h4-11H,1-3H3. The summed E-state index contributed by atoms with van der Waals surface area (Å²) in [7, 11) is 0. The number of benzene rings is 2. The smallest absolute Gasteiger partial charge is 0.344 e. The first-order chi connectivity index (χ1) is 9.49. The van der Waals surface area contributed by atoms with Gasteiger partial charge in [0.25, 0.3) is 0 Å². The number of hydrogen-bond acceptors (Lipinski definition) is 2. The number of rotatable bonds is 3. The van der Waals surface area contributed by atoms with Gasteiger partial charge in [-0.3, -0.25) is 0 Å². The number of aryl methyl sites for hydroxylation is 1. The lowest BCUT2D eigenvalue weighted by atomic mass is 10.0. The van der Waals surface area contributed by atoms with Crippen LogP contribution in [0.15, 0.2) is 42.5 Å². The average molecular weight is 380 g/mol. The third-order valence-corrected chi connectivity index (χ3v) is 4.03. The summed E-state index contributed by atoms with van der Waals surface area (Å²) in [6.45, 7) is 6.18. The number of carbonyl (C=O) groups excluding carboxylic acids is 1. The molecule has 0 atom stereocenters. The van der Waals surface area contributed by atoms with Crippen molar-refractivity contribution < 1.29 is 9.53 Å². The lowest BCUT2D eigenvalue weighted by Crippen LogP contribution is -2.12. The Hall–Kier alpha value is -1.36. The summed E-state index contributed by atoms with van der Waals surface area (Å²) in [4.78, 5) is 12.3. The van der Waals surface area contributed by atoms with Crippen LogP contribution in [-0.4, -0.2) is 5.97 Å². The predicted octanol–water partition coefficient (Wildman–Crippen LogP) is 4.94. The van der Waals surface area contributed by atoms with E-state index in [-0.39, 0.29) is 5.97 Å². The minimum absolute atomic E-state index is 0.303. The van der Waals surface area contributed by atoms with E-state index >= 15 is 0 Å². The van der Waals surface area contributed by atoms with Gasteiger partial charge in [0.1, 0.15) is 5.75 Å². The van der Waals surface area contributed by atoms with Gasteiger partial charge >= 0.3 is 5.97 Å². The second kappa shape index (κ2) is 6.39. The summed E-state index contributed by atoms with van der Waals surface area (Å²) in [6.07, 6.45) is 0. The Kier molecular flexibility index (Phi) is 4.81. The molecule has 2 rings (SSSR count). The molecule has 20 heavy (non-hydrogen) atoms. The third-order valence-electron chi connectivity index (χ3n) is 3.09. The van der Waals surface area contributed by atoms with Crippen molar-refractivity contribution in [3.63, 3.8) is 0 Å². The molecule has 0 saturated carbocycles. The molecule has 0 amide bonds. The summed E-state index contributed by atoms with van der Waals surface area (Å²) in [6, 6.07) is 13.4. The molecule has 2 aromatic carbocycles. The van der Waals surface area contributed by atoms with Gasteiger partial charge in [0.15, 0.2) is 0 Å². The number of hydrogen-bond donors (Lipinski definition) is 0. The van der Waals surface area contributed by atoms with Gasteiger partial charge < -0.3 is 4.74 Å². The van der Waals surface area contributed by atoms with Crippen LogP contribution in [0.3, 0.4) is 0 Å². The summed E-state index contributed by atoms with van der Waals surface area (Å²) >= 11 is 2.15. The minimum Gasteiger partial charge on any atom is -0.423 e. The Morgan fingerprint density at radius 3 is 2.50 bits per heavy atom. The van der Waals surface area contributed by atoms with E-state index in [9.17, 15) is 4.79 Å². The summed E-state index contributed by atoms with van der Waals surface area (Å²) in [5, 5.41) is 0. The van der Waals surface area contributed by atoms with Crippen LogP contribution in [0.2, 0.25) is 0 Å². The molecule has 0 aliphatic rings. The van der Waals surface area contributed by atoms with Gasteiger partial charge in [-0.2, -0.15) is 0 Å². The normalized spacial score (nSPS) is 10.7. The van der Waals surface area contributed by atoms with Crippen molar-refractivity contribution in [2.45, 2.75) is 26.7 Å². The van der Waals surface area contributed by atoms with Crippen molar-refractivity contribution >= 4 is 28.6 Å². The number of carbonyl (C=O) groups is 1. The molecule has 0 heterocycles. The lowest BCUT2D eigenvalue weighted by Gasteiger charge is -2.14. The van der Waals surface area contributed by atoms with Crippen molar-refractivity contribution in [3.05, 3.63) is 62.7 Å². The van der Waals surface area contributed by atoms with Gasteiger partial charge in [-0.1, -0.05) is 38.1 Å². The molecule has 0 aliphatic heterocycles. The van der Waals surface area contributed by atoms with E-state index in [0.717, 1.165) is 14.7 Å². The maximum atomic E-state index is 12.3. The topological polar surface area (TPSA) is 26.3 Å². The first kappa shape index (κ1) is 15.0. The van der Waals surface area contributed by atoms with Crippen LogP contribution in [0, 0.1) is 10.5 Å². The average Bonchev–Trinajstić information content (AvgIpc) is 2.38. The largest absolute Gasteiger partial charge is 0.423 e. The van der Waals surface area contributed by atoms with Crippen LogP contribution in [0.5, 0.6) is 5.75 Å². The molecule has 104 valence electrons. The molecule has 0 spiro atoms. The molecule has 0 bridgehead atoms. The number of ether oxygens (including phenoxy) is 1. The first-order valence-corrected chi connectivity index (χ1v) is 7.64. The fourth-order valence-corrected chi connectivity index (χ4v) is 2.60. The van der Waals surface area contributed by atoms with E-state index in [1.54, 1.807) is 6.07 Å². The van der Waals surface area contributed by atoms with E-state index in [1.807, 2.05) is 43.3 Å².